The quantitative estimate of drug-likeness (QED) is 0.586. The smallest absolute Gasteiger partial charge is 0.195 e. The number of benzene rings is 2. The zero-order valence-electron chi connectivity index (χ0n) is 6.82. The van der Waals surface area contributed by atoms with Gasteiger partial charge in [-0.1, -0.05) is 11.6 Å². The first-order valence-corrected chi connectivity index (χ1v) is 4.20. The van der Waals surface area contributed by atoms with E-state index in [1.54, 1.807) is 0 Å². The minimum atomic E-state index is -1.46. The van der Waals surface area contributed by atoms with Gasteiger partial charge in [0.2, 0.25) is 0 Å². The van der Waals surface area contributed by atoms with Crippen molar-refractivity contribution in [1.82, 2.24) is 0 Å². The molecule has 0 aliphatic heterocycles. The van der Waals surface area contributed by atoms with Crippen molar-refractivity contribution in [3.05, 3.63) is 46.7 Å². The summed E-state index contributed by atoms with van der Waals surface area (Å²) in [5, 5.41) is 0.616. The summed E-state index contributed by atoms with van der Waals surface area (Å²) in [6.07, 6.45) is 0. The van der Waals surface area contributed by atoms with Gasteiger partial charge in [0.05, 0.1) is 0 Å². The molecule has 14 heavy (non-hydrogen) atoms. The lowest BCUT2D eigenvalue weighted by atomic mass is 10.1. The molecule has 0 unspecified atom stereocenters. The SMILES string of the molecule is Fc1cc2cc(Cl)ccc2c(F)c1F. The van der Waals surface area contributed by atoms with Gasteiger partial charge in [0.25, 0.3) is 0 Å². The highest BCUT2D eigenvalue weighted by molar-refractivity contribution is 6.31. The molecule has 0 saturated heterocycles. The van der Waals surface area contributed by atoms with E-state index < -0.39 is 17.5 Å². The Morgan fingerprint density at radius 2 is 1.64 bits per heavy atom. The third-order valence-corrected chi connectivity index (χ3v) is 2.17. The van der Waals surface area contributed by atoms with Gasteiger partial charge in [-0.05, 0) is 29.7 Å². The van der Waals surface area contributed by atoms with Crippen molar-refractivity contribution in [3.8, 4) is 0 Å². The van der Waals surface area contributed by atoms with Crippen LogP contribution in [0, 0.1) is 17.5 Å². The topological polar surface area (TPSA) is 0 Å². The standard InChI is InChI=1S/C10H4ClF3/c11-6-1-2-7-5(3-6)4-8(12)10(14)9(7)13/h1-4H. The molecule has 0 bridgehead atoms. The van der Waals surface area contributed by atoms with Crippen LogP contribution in [0.2, 0.25) is 5.02 Å². The van der Waals surface area contributed by atoms with Crippen molar-refractivity contribution in [2.75, 3.05) is 0 Å². The number of rotatable bonds is 0. The highest BCUT2D eigenvalue weighted by atomic mass is 35.5. The van der Waals surface area contributed by atoms with E-state index in [0.29, 0.717) is 5.02 Å². The summed E-state index contributed by atoms with van der Waals surface area (Å²) in [6, 6.07) is 5.03. The van der Waals surface area contributed by atoms with Crippen LogP contribution in [0.5, 0.6) is 0 Å². The lowest BCUT2D eigenvalue weighted by Gasteiger charge is -2.02. The average Bonchev–Trinajstić information content (AvgIpc) is 2.14. The molecule has 0 radical (unpaired) electrons. The molecule has 0 amide bonds. The van der Waals surface area contributed by atoms with Crippen molar-refractivity contribution >= 4 is 22.4 Å². The van der Waals surface area contributed by atoms with Gasteiger partial charge >= 0.3 is 0 Å². The lowest BCUT2D eigenvalue weighted by molar-refractivity contribution is 0.453. The molecule has 2 aromatic rings. The van der Waals surface area contributed by atoms with Crippen LogP contribution in [0.3, 0.4) is 0 Å². The van der Waals surface area contributed by atoms with Crippen LogP contribution in [0.25, 0.3) is 10.8 Å². The van der Waals surface area contributed by atoms with Gasteiger partial charge in [0, 0.05) is 10.4 Å². The summed E-state index contributed by atoms with van der Waals surface area (Å²) in [5.41, 5.74) is 0. The maximum absolute atomic E-state index is 13.1. The molecule has 2 rings (SSSR count). The number of fused-ring (bicyclic) bond motifs is 1. The zero-order valence-corrected chi connectivity index (χ0v) is 7.58. The second-order valence-electron chi connectivity index (χ2n) is 2.85. The van der Waals surface area contributed by atoms with Gasteiger partial charge in [0.1, 0.15) is 0 Å². The highest BCUT2D eigenvalue weighted by Crippen LogP contribution is 2.25. The van der Waals surface area contributed by atoms with Gasteiger partial charge in [-0.3, -0.25) is 0 Å². The third kappa shape index (κ3) is 1.34. The average molecular weight is 217 g/mol. The van der Waals surface area contributed by atoms with Crippen LogP contribution in [0.15, 0.2) is 24.3 Å². The van der Waals surface area contributed by atoms with Crippen molar-refractivity contribution < 1.29 is 13.2 Å². The van der Waals surface area contributed by atoms with Gasteiger partial charge in [-0.25, -0.2) is 13.2 Å². The molecule has 72 valence electrons. The van der Waals surface area contributed by atoms with Gasteiger partial charge < -0.3 is 0 Å². The Kier molecular flexibility index (Phi) is 2.11. The molecule has 0 aromatic heterocycles. The zero-order chi connectivity index (χ0) is 10.3. The molecule has 0 atom stereocenters. The highest BCUT2D eigenvalue weighted by Gasteiger charge is 2.12. The lowest BCUT2D eigenvalue weighted by Crippen LogP contribution is -1.91. The molecule has 0 aliphatic rings. The fourth-order valence-corrected chi connectivity index (χ4v) is 1.46. The van der Waals surface area contributed by atoms with E-state index in [4.69, 9.17) is 11.6 Å². The van der Waals surface area contributed by atoms with E-state index in [0.717, 1.165) is 6.07 Å². The molecular formula is C10H4ClF3. The number of halogens is 4. The molecular weight excluding hydrogens is 213 g/mol. The van der Waals surface area contributed by atoms with E-state index in [9.17, 15) is 13.2 Å². The van der Waals surface area contributed by atoms with E-state index in [2.05, 4.69) is 0 Å². The molecule has 0 N–H and O–H groups in total. The number of hydrogen-bond acceptors (Lipinski definition) is 0. The summed E-state index contributed by atoms with van der Waals surface area (Å²) in [5.74, 6) is -3.85. The summed E-state index contributed by atoms with van der Waals surface area (Å²) in [6.45, 7) is 0. The summed E-state index contributed by atoms with van der Waals surface area (Å²) in [7, 11) is 0. The molecule has 0 saturated carbocycles. The summed E-state index contributed by atoms with van der Waals surface area (Å²) >= 11 is 5.62. The van der Waals surface area contributed by atoms with Gasteiger partial charge in [-0.15, -0.1) is 0 Å². The molecule has 0 aliphatic carbocycles. The fourth-order valence-electron chi connectivity index (χ4n) is 1.28. The number of hydrogen-bond donors (Lipinski definition) is 0. The van der Waals surface area contributed by atoms with Crippen molar-refractivity contribution in [3.63, 3.8) is 0 Å². The van der Waals surface area contributed by atoms with Crippen LogP contribution >= 0.6 is 11.6 Å². The molecule has 0 nitrogen and oxygen atoms in total. The molecule has 0 heterocycles. The Bertz CT molecular complexity index is 508. The first-order valence-electron chi connectivity index (χ1n) is 3.82. The predicted octanol–water partition coefficient (Wildman–Crippen LogP) is 3.91. The van der Waals surface area contributed by atoms with E-state index >= 15 is 0 Å². The van der Waals surface area contributed by atoms with Gasteiger partial charge in [-0.2, -0.15) is 0 Å². The van der Waals surface area contributed by atoms with Crippen molar-refractivity contribution in [2.24, 2.45) is 0 Å². The molecule has 2 aromatic carbocycles. The van der Waals surface area contributed by atoms with Crippen LogP contribution in [0.4, 0.5) is 13.2 Å². The van der Waals surface area contributed by atoms with Crippen LogP contribution < -0.4 is 0 Å². The summed E-state index contributed by atoms with van der Waals surface area (Å²) in [4.78, 5) is 0. The minimum Gasteiger partial charge on any atom is -0.204 e. The molecule has 0 spiro atoms. The predicted molar refractivity (Wildman–Crippen MR) is 48.8 cm³/mol. The van der Waals surface area contributed by atoms with Crippen LogP contribution in [0.1, 0.15) is 0 Å². The summed E-state index contributed by atoms with van der Waals surface area (Å²) < 4.78 is 38.7. The Morgan fingerprint density at radius 1 is 0.929 bits per heavy atom. The van der Waals surface area contributed by atoms with E-state index in [1.807, 2.05) is 0 Å². The monoisotopic (exact) mass is 216 g/mol. The van der Waals surface area contributed by atoms with Crippen LogP contribution in [-0.2, 0) is 0 Å². The third-order valence-electron chi connectivity index (χ3n) is 1.93. The van der Waals surface area contributed by atoms with Crippen molar-refractivity contribution in [1.29, 1.82) is 0 Å². The fraction of sp³-hybridized carbons (Fsp3) is 0. The second-order valence-corrected chi connectivity index (χ2v) is 3.29. The normalized spacial score (nSPS) is 10.9. The second kappa shape index (κ2) is 3.17. The van der Waals surface area contributed by atoms with Crippen molar-refractivity contribution in [2.45, 2.75) is 0 Å². The van der Waals surface area contributed by atoms with Crippen LogP contribution in [-0.4, -0.2) is 0 Å². The molecule has 0 fully saturated rings. The van der Waals surface area contributed by atoms with E-state index in [1.165, 1.54) is 18.2 Å². The Labute approximate surface area is 82.9 Å². The maximum Gasteiger partial charge on any atom is 0.195 e. The Balaban J connectivity index is 2.91. The molecule has 4 heteroatoms. The largest absolute Gasteiger partial charge is 0.204 e. The van der Waals surface area contributed by atoms with Gasteiger partial charge in [0.15, 0.2) is 17.5 Å². The first kappa shape index (κ1) is 9.34. The maximum atomic E-state index is 13.1. The van der Waals surface area contributed by atoms with E-state index in [-0.39, 0.29) is 10.8 Å². The first-order chi connectivity index (χ1) is 6.59. The Morgan fingerprint density at radius 3 is 2.36 bits per heavy atom. The minimum absolute atomic E-state index is 0.0216. The Hall–Kier alpha value is -1.22.